The molecule has 0 unspecified atom stereocenters. The van der Waals surface area contributed by atoms with E-state index in [2.05, 4.69) is 5.48 Å². The zero-order valence-corrected chi connectivity index (χ0v) is 12.5. The minimum absolute atomic E-state index is 0.270. The largest absolute Gasteiger partial charge is 0.462 e. The van der Waals surface area contributed by atoms with Crippen molar-refractivity contribution < 1.29 is 14.4 Å². The van der Waals surface area contributed by atoms with Crippen LogP contribution in [-0.2, 0) is 16.2 Å². The van der Waals surface area contributed by atoms with Crippen LogP contribution in [0.3, 0.4) is 0 Å². The Morgan fingerprint density at radius 2 is 1.59 bits per heavy atom. The summed E-state index contributed by atoms with van der Waals surface area (Å²) in [6, 6.07) is 19.0. The summed E-state index contributed by atoms with van der Waals surface area (Å²) >= 11 is 0. The molecule has 1 N–H and O–H groups in total. The third kappa shape index (κ3) is 6.08. The molecule has 116 valence electrons. The summed E-state index contributed by atoms with van der Waals surface area (Å²) in [7, 11) is 0. The average molecular weight is 299 g/mol. The van der Waals surface area contributed by atoms with E-state index in [0.717, 1.165) is 24.9 Å². The highest BCUT2D eigenvalue weighted by Gasteiger charge is 2.04. The van der Waals surface area contributed by atoms with E-state index in [1.54, 1.807) is 12.1 Å². The lowest BCUT2D eigenvalue weighted by Gasteiger charge is -2.07. The quantitative estimate of drug-likeness (QED) is 0.438. The molecule has 4 nitrogen and oxygen atoms in total. The number of esters is 1. The fraction of sp³-hybridized carbons (Fsp3) is 0.278. The summed E-state index contributed by atoms with van der Waals surface area (Å²) in [5.41, 5.74) is 4.63. The highest BCUT2D eigenvalue weighted by molar-refractivity contribution is 5.89. The van der Waals surface area contributed by atoms with Crippen molar-refractivity contribution in [3.63, 3.8) is 0 Å². The fourth-order valence-corrected chi connectivity index (χ4v) is 1.90. The van der Waals surface area contributed by atoms with Crippen LogP contribution in [0, 0.1) is 0 Å². The Morgan fingerprint density at radius 3 is 2.32 bits per heavy atom. The second-order valence-corrected chi connectivity index (χ2v) is 4.88. The van der Waals surface area contributed by atoms with Crippen molar-refractivity contribution in [2.24, 2.45) is 0 Å². The van der Waals surface area contributed by atoms with Crippen LogP contribution in [0.2, 0.25) is 0 Å². The Balaban J connectivity index is 1.47. The van der Waals surface area contributed by atoms with E-state index < -0.39 is 0 Å². The molecule has 0 heterocycles. The van der Waals surface area contributed by atoms with E-state index in [9.17, 15) is 4.79 Å². The zero-order valence-electron chi connectivity index (χ0n) is 12.5. The van der Waals surface area contributed by atoms with Crippen molar-refractivity contribution in [2.45, 2.75) is 19.4 Å². The summed E-state index contributed by atoms with van der Waals surface area (Å²) in [6.45, 7) is 1.70. The van der Waals surface area contributed by atoms with Crippen LogP contribution >= 0.6 is 0 Å². The van der Waals surface area contributed by atoms with Gasteiger partial charge in [-0.05, 0) is 30.5 Å². The Labute approximate surface area is 131 Å². The number of benzene rings is 2. The molecule has 0 aliphatic carbocycles. The van der Waals surface area contributed by atoms with Crippen LogP contribution in [-0.4, -0.2) is 19.1 Å². The van der Waals surface area contributed by atoms with Gasteiger partial charge in [-0.1, -0.05) is 48.5 Å². The number of carbonyl (C=O) groups excluding carboxylic acids is 1. The average Bonchev–Trinajstić information content (AvgIpc) is 2.59. The van der Waals surface area contributed by atoms with Gasteiger partial charge in [-0.15, -0.1) is 0 Å². The molecule has 0 radical (unpaired) electrons. The molecule has 0 saturated heterocycles. The molecule has 22 heavy (non-hydrogen) atoms. The predicted octanol–water partition coefficient (Wildman–Crippen LogP) is 3.35. The molecule has 2 aromatic carbocycles. The van der Waals surface area contributed by atoms with Crippen LogP contribution in [0.4, 0.5) is 0 Å². The van der Waals surface area contributed by atoms with Gasteiger partial charge in [0.1, 0.15) is 0 Å². The second-order valence-electron chi connectivity index (χ2n) is 4.88. The third-order valence-corrected chi connectivity index (χ3v) is 3.10. The normalized spacial score (nSPS) is 10.4. The van der Waals surface area contributed by atoms with Crippen molar-refractivity contribution in [1.82, 2.24) is 5.48 Å². The van der Waals surface area contributed by atoms with Crippen LogP contribution < -0.4 is 5.48 Å². The highest BCUT2D eigenvalue weighted by Crippen LogP contribution is 2.02. The van der Waals surface area contributed by atoms with E-state index in [-0.39, 0.29) is 5.97 Å². The smallest absolute Gasteiger partial charge is 0.338 e. The maximum Gasteiger partial charge on any atom is 0.338 e. The van der Waals surface area contributed by atoms with Crippen molar-refractivity contribution in [3.05, 3.63) is 71.8 Å². The van der Waals surface area contributed by atoms with E-state index >= 15 is 0 Å². The summed E-state index contributed by atoms with van der Waals surface area (Å²) < 4.78 is 5.20. The van der Waals surface area contributed by atoms with Crippen molar-refractivity contribution in [2.75, 3.05) is 13.2 Å². The van der Waals surface area contributed by atoms with Gasteiger partial charge in [-0.25, -0.2) is 10.3 Å². The maximum atomic E-state index is 11.7. The first-order valence-electron chi connectivity index (χ1n) is 7.47. The van der Waals surface area contributed by atoms with Crippen molar-refractivity contribution in [1.29, 1.82) is 0 Å². The molecule has 0 bridgehead atoms. The molecule has 0 fully saturated rings. The molecule has 0 amide bonds. The van der Waals surface area contributed by atoms with E-state index in [1.807, 2.05) is 48.5 Å². The topological polar surface area (TPSA) is 47.6 Å². The van der Waals surface area contributed by atoms with E-state index in [0.29, 0.717) is 18.8 Å². The lowest BCUT2D eigenvalue weighted by molar-refractivity contribution is 0.0254. The number of nitrogens with one attached hydrogen (secondary N) is 1. The fourth-order valence-electron chi connectivity index (χ4n) is 1.90. The standard InChI is InChI=1S/C18H21NO3/c20-18(17-11-5-2-6-12-17)21-14-8-7-13-19-22-15-16-9-3-1-4-10-16/h1-6,9-12,19H,7-8,13-15H2. The molecular formula is C18H21NO3. The van der Waals surface area contributed by atoms with Crippen molar-refractivity contribution in [3.8, 4) is 0 Å². The molecule has 0 saturated carbocycles. The van der Waals surface area contributed by atoms with Gasteiger partial charge >= 0.3 is 5.97 Å². The minimum atomic E-state index is -0.270. The molecule has 2 rings (SSSR count). The first kappa shape index (κ1) is 16.2. The summed E-state index contributed by atoms with van der Waals surface area (Å²) in [6.07, 6.45) is 1.69. The van der Waals surface area contributed by atoms with Crippen molar-refractivity contribution >= 4 is 5.97 Å². The number of rotatable bonds is 9. The lowest BCUT2D eigenvalue weighted by atomic mass is 10.2. The molecular weight excluding hydrogens is 278 g/mol. The summed E-state index contributed by atoms with van der Waals surface area (Å²) in [5.74, 6) is -0.270. The Morgan fingerprint density at radius 1 is 0.909 bits per heavy atom. The van der Waals surface area contributed by atoms with Gasteiger partial charge in [0.05, 0.1) is 18.8 Å². The number of hydrogen-bond acceptors (Lipinski definition) is 4. The Bertz CT molecular complexity index is 543. The summed E-state index contributed by atoms with van der Waals surface area (Å²) in [5, 5.41) is 0. The Kier molecular flexibility index (Phi) is 7.15. The van der Waals surface area contributed by atoms with E-state index in [1.165, 1.54) is 0 Å². The third-order valence-electron chi connectivity index (χ3n) is 3.10. The van der Waals surface area contributed by atoms with Gasteiger partial charge in [-0.2, -0.15) is 0 Å². The molecule has 0 aromatic heterocycles. The molecule has 0 spiro atoms. The second kappa shape index (κ2) is 9.71. The van der Waals surface area contributed by atoms with Gasteiger partial charge in [0.2, 0.25) is 0 Å². The van der Waals surface area contributed by atoms with Crippen LogP contribution in [0.15, 0.2) is 60.7 Å². The molecule has 0 aliphatic rings. The van der Waals surface area contributed by atoms with E-state index in [4.69, 9.17) is 9.57 Å². The SMILES string of the molecule is O=C(OCCCCNOCc1ccccc1)c1ccccc1. The van der Waals surface area contributed by atoms with Gasteiger partial charge in [0.15, 0.2) is 0 Å². The van der Waals surface area contributed by atoms with Crippen LogP contribution in [0.25, 0.3) is 0 Å². The lowest BCUT2D eigenvalue weighted by Crippen LogP contribution is -2.16. The summed E-state index contributed by atoms with van der Waals surface area (Å²) in [4.78, 5) is 17.0. The number of carbonyl (C=O) groups is 1. The number of hydrogen-bond donors (Lipinski definition) is 1. The van der Waals surface area contributed by atoms with Crippen LogP contribution in [0.1, 0.15) is 28.8 Å². The van der Waals surface area contributed by atoms with Gasteiger partial charge in [0.25, 0.3) is 0 Å². The first-order chi connectivity index (χ1) is 10.9. The highest BCUT2D eigenvalue weighted by atomic mass is 16.6. The Hall–Kier alpha value is -2.17. The number of unbranched alkanes of at least 4 members (excludes halogenated alkanes) is 1. The van der Waals surface area contributed by atoms with Gasteiger partial charge in [-0.3, -0.25) is 4.84 Å². The number of hydroxylamine groups is 1. The number of ether oxygens (including phenoxy) is 1. The molecule has 0 aliphatic heterocycles. The molecule has 4 heteroatoms. The predicted molar refractivity (Wildman–Crippen MR) is 85.2 cm³/mol. The van der Waals surface area contributed by atoms with Gasteiger partial charge < -0.3 is 4.74 Å². The first-order valence-corrected chi connectivity index (χ1v) is 7.47. The zero-order chi connectivity index (χ0) is 15.5. The van der Waals surface area contributed by atoms with Gasteiger partial charge in [0, 0.05) is 6.54 Å². The van der Waals surface area contributed by atoms with Crippen LogP contribution in [0.5, 0.6) is 0 Å². The minimum Gasteiger partial charge on any atom is -0.462 e. The monoisotopic (exact) mass is 299 g/mol. The molecule has 2 aromatic rings. The maximum absolute atomic E-state index is 11.7. The molecule has 0 atom stereocenters.